The average molecular weight is 1080 g/mol. The second-order valence-corrected chi connectivity index (χ2v) is 27.2. The SMILES string of the molecule is CCn1c(-c2cc(N3CCN4CCC[C@@H]4C3)cnc2C(C)C)c2c3cc(ccc31)-c1csc(n1)C[C@H](NC(=O)[C@H](C1CCCC1)N1CC[C@]3(CCN(C(=O)[C@@H]4N[C@@H]4C4CC4)C3)C1)C(=O)N1CCC[C@H](N1)C(=O)OCC(C)(C)C2. The van der Waals surface area contributed by atoms with Gasteiger partial charge in [0.2, 0.25) is 11.8 Å². The Kier molecular flexibility index (Phi) is 14.0. The molecule has 3 amide bonds. The van der Waals surface area contributed by atoms with Crippen LogP contribution in [0.1, 0.15) is 134 Å². The number of anilines is 1. The lowest BCUT2D eigenvalue weighted by atomic mass is 9.84. The first-order valence-corrected chi connectivity index (χ1v) is 31.0. The summed E-state index contributed by atoms with van der Waals surface area (Å²) >= 11 is 1.52. The topological polar surface area (TPSA) is 170 Å². The van der Waals surface area contributed by atoms with Gasteiger partial charge in [-0.2, -0.15) is 0 Å². The van der Waals surface area contributed by atoms with Crippen LogP contribution in [-0.4, -0.2) is 160 Å². The smallest absolute Gasteiger partial charge is 0.324 e. The molecule has 17 heteroatoms. The van der Waals surface area contributed by atoms with E-state index in [-0.39, 0.29) is 66.1 Å². The van der Waals surface area contributed by atoms with Crippen LogP contribution in [-0.2, 0) is 43.3 Å². The molecule has 6 saturated heterocycles. The lowest BCUT2D eigenvalue weighted by molar-refractivity contribution is -0.155. The third kappa shape index (κ3) is 10.1. The monoisotopic (exact) mass is 1080 g/mol. The van der Waals surface area contributed by atoms with Crippen molar-refractivity contribution in [3.8, 4) is 22.5 Å². The first kappa shape index (κ1) is 52.4. The van der Waals surface area contributed by atoms with Crippen LogP contribution in [0.15, 0.2) is 35.8 Å². The second-order valence-electron chi connectivity index (χ2n) is 26.2. The number of nitrogens with one attached hydrogen (secondary N) is 3. The highest BCUT2D eigenvalue weighted by Crippen LogP contribution is 2.46. The van der Waals surface area contributed by atoms with Crippen molar-refractivity contribution < 1.29 is 23.9 Å². The standard InChI is InChI=1S/C61H83N11O5S/c1-6-71-49-18-17-40-27-43(49)45(55(71)44-28-42(31-62-51(44)37(2)3)68-26-25-67-21-9-13-41(67)32-68)30-60(4,5)36-77-59(76)46-14-10-22-72(66-46)57(74)47(29-50-63-48(40)33-78-50)64-56(73)54(39-11-7-8-12-39)69-23-19-61(34-69)20-24-70(35-61)58(75)53-52(65-53)38-15-16-38/h17-18,27-28,31,33,37-39,41,46-47,52-54,65-66H,6-16,19-26,29-30,32,34-36H2,1-5H3,(H,64,73)/t41-,46+,47+,52-,53-,54+,61+/m1/s1. The van der Waals surface area contributed by atoms with E-state index in [1.165, 1.54) is 60.5 Å². The maximum atomic E-state index is 15.2. The summed E-state index contributed by atoms with van der Waals surface area (Å²) in [6.45, 7) is 19.8. The van der Waals surface area contributed by atoms with Gasteiger partial charge in [0, 0.05) is 109 Å². The second kappa shape index (κ2) is 20.9. The Morgan fingerprint density at radius 3 is 2.56 bits per heavy atom. The van der Waals surface area contributed by atoms with Crippen molar-refractivity contribution in [3.63, 3.8) is 0 Å². The van der Waals surface area contributed by atoms with Crippen molar-refractivity contribution in [2.45, 2.75) is 173 Å². The van der Waals surface area contributed by atoms with E-state index in [9.17, 15) is 9.59 Å². The Labute approximate surface area is 464 Å². The summed E-state index contributed by atoms with van der Waals surface area (Å²) in [5.74, 6) is 0.522. The molecule has 2 saturated carbocycles. The molecule has 13 rings (SSSR count). The van der Waals surface area contributed by atoms with Gasteiger partial charge in [-0.1, -0.05) is 46.6 Å². The predicted molar refractivity (Wildman–Crippen MR) is 304 cm³/mol. The molecule has 0 radical (unpaired) electrons. The number of amides is 3. The summed E-state index contributed by atoms with van der Waals surface area (Å²) in [6.07, 6.45) is 15.1. The lowest BCUT2D eigenvalue weighted by Gasteiger charge is -2.39. The Balaban J connectivity index is 0.823. The van der Waals surface area contributed by atoms with Crippen LogP contribution in [0.4, 0.5) is 5.69 Å². The van der Waals surface area contributed by atoms with E-state index >= 15 is 9.59 Å². The molecule has 10 heterocycles. The molecule has 418 valence electrons. The highest BCUT2D eigenvalue weighted by atomic mass is 32.1. The zero-order valence-corrected chi connectivity index (χ0v) is 47.7. The lowest BCUT2D eigenvalue weighted by Crippen LogP contribution is -2.62. The highest BCUT2D eigenvalue weighted by molar-refractivity contribution is 7.10. The van der Waals surface area contributed by atoms with Gasteiger partial charge in [-0.05, 0) is 132 Å². The van der Waals surface area contributed by atoms with Crippen molar-refractivity contribution in [1.29, 1.82) is 0 Å². The number of thiazole rings is 1. The maximum Gasteiger partial charge on any atom is 0.324 e. The third-order valence-electron chi connectivity index (χ3n) is 19.7. The first-order valence-electron chi connectivity index (χ1n) is 30.1. The van der Waals surface area contributed by atoms with Gasteiger partial charge in [-0.3, -0.25) is 44.3 Å². The van der Waals surface area contributed by atoms with E-state index in [0.717, 1.165) is 129 Å². The Morgan fingerprint density at radius 2 is 1.76 bits per heavy atom. The number of piperazine rings is 1. The number of pyridine rings is 1. The van der Waals surface area contributed by atoms with Crippen molar-refractivity contribution in [3.05, 3.63) is 52.1 Å². The molecule has 6 bridgehead atoms. The van der Waals surface area contributed by atoms with Crippen LogP contribution in [0.3, 0.4) is 0 Å². The molecule has 7 atom stereocenters. The van der Waals surface area contributed by atoms with Crippen LogP contribution in [0.25, 0.3) is 33.4 Å². The molecule has 78 heavy (non-hydrogen) atoms. The number of esters is 1. The molecule has 1 aromatic carbocycles. The van der Waals surface area contributed by atoms with Gasteiger partial charge in [-0.15, -0.1) is 11.3 Å². The van der Waals surface area contributed by atoms with E-state index in [4.69, 9.17) is 14.7 Å². The average Bonchev–Trinajstić information content (AvgIpc) is 3.93. The van der Waals surface area contributed by atoms with Crippen LogP contribution in [0.2, 0.25) is 0 Å². The number of ether oxygens (including phenoxy) is 1. The molecule has 3 N–H and O–H groups in total. The van der Waals surface area contributed by atoms with Crippen LogP contribution in [0, 0.1) is 22.7 Å². The largest absolute Gasteiger partial charge is 0.464 e. The molecular formula is C61H83N11O5S. The minimum Gasteiger partial charge on any atom is -0.464 e. The number of aryl methyl sites for hydroxylation is 1. The van der Waals surface area contributed by atoms with Crippen LogP contribution >= 0.6 is 11.3 Å². The van der Waals surface area contributed by atoms with Crippen LogP contribution < -0.4 is 21.0 Å². The van der Waals surface area contributed by atoms with Crippen LogP contribution in [0.5, 0.6) is 0 Å². The molecular weight excluding hydrogens is 999 g/mol. The zero-order chi connectivity index (χ0) is 53.6. The van der Waals surface area contributed by atoms with Crippen molar-refractivity contribution in [2.24, 2.45) is 22.7 Å². The van der Waals surface area contributed by atoms with Gasteiger partial charge in [0.25, 0.3) is 5.91 Å². The Hall–Kier alpha value is -4.94. The minimum atomic E-state index is -0.918. The Bertz CT molecular complexity index is 2960. The molecule has 3 aromatic heterocycles. The number of fused-ring (bicyclic) bond motifs is 7. The number of benzene rings is 1. The van der Waals surface area contributed by atoms with Gasteiger partial charge in [0.1, 0.15) is 18.1 Å². The van der Waals surface area contributed by atoms with E-state index in [1.807, 2.05) is 0 Å². The highest BCUT2D eigenvalue weighted by Gasteiger charge is 2.55. The Morgan fingerprint density at radius 1 is 0.936 bits per heavy atom. The molecule has 9 aliphatic rings. The summed E-state index contributed by atoms with van der Waals surface area (Å²) in [5.41, 5.74) is 11.5. The van der Waals surface area contributed by atoms with Gasteiger partial charge in [0.05, 0.1) is 46.6 Å². The fraction of sp³-hybridized carbons (Fsp3) is 0.672. The third-order valence-corrected chi connectivity index (χ3v) is 20.6. The fourth-order valence-corrected chi connectivity index (χ4v) is 16.2. The number of hydrogen-bond donors (Lipinski definition) is 3. The molecule has 0 unspecified atom stereocenters. The number of carbonyl (C=O) groups excluding carboxylic acids is 4. The molecule has 2 aliphatic carbocycles. The molecule has 1 spiro atoms. The molecule has 16 nitrogen and oxygen atoms in total. The van der Waals surface area contributed by atoms with Gasteiger partial charge in [-0.25, -0.2) is 10.4 Å². The van der Waals surface area contributed by atoms with Crippen molar-refractivity contribution in [2.75, 3.05) is 70.4 Å². The van der Waals surface area contributed by atoms with E-state index in [0.29, 0.717) is 43.8 Å². The summed E-state index contributed by atoms with van der Waals surface area (Å²) in [7, 11) is 0. The van der Waals surface area contributed by atoms with E-state index in [1.54, 1.807) is 5.01 Å². The van der Waals surface area contributed by atoms with Crippen molar-refractivity contribution in [1.82, 2.24) is 50.3 Å². The number of hydrazine groups is 1. The summed E-state index contributed by atoms with van der Waals surface area (Å²) in [6, 6.07) is 8.03. The van der Waals surface area contributed by atoms with E-state index in [2.05, 4.69) is 111 Å². The number of likely N-dealkylation sites (tertiary alicyclic amines) is 2. The maximum absolute atomic E-state index is 15.2. The normalized spacial score (nSPS) is 29.4. The van der Waals surface area contributed by atoms with E-state index < -0.39 is 17.5 Å². The summed E-state index contributed by atoms with van der Waals surface area (Å²) < 4.78 is 8.78. The number of rotatable bonds is 10. The number of carbonyl (C=O) groups is 4. The number of aromatic nitrogens is 3. The number of hydrogen-bond acceptors (Lipinski definition) is 13. The van der Waals surface area contributed by atoms with Gasteiger partial charge >= 0.3 is 5.97 Å². The number of cyclic esters (lactones) is 1. The molecule has 8 fully saturated rings. The zero-order valence-electron chi connectivity index (χ0n) is 46.9. The quantitative estimate of drug-likeness (QED) is 0.109. The molecule has 7 aliphatic heterocycles. The molecule has 4 aromatic rings. The minimum absolute atomic E-state index is 0.0229. The summed E-state index contributed by atoms with van der Waals surface area (Å²) in [4.78, 5) is 78.5. The van der Waals surface area contributed by atoms with Gasteiger partial charge in [0.15, 0.2) is 0 Å². The first-order chi connectivity index (χ1) is 37.7. The van der Waals surface area contributed by atoms with Gasteiger partial charge < -0.3 is 24.4 Å². The predicted octanol–water partition coefficient (Wildman–Crippen LogP) is 7.14. The number of nitrogens with zero attached hydrogens (tertiary/aromatic N) is 8. The fourth-order valence-electron chi connectivity index (χ4n) is 15.3. The van der Waals surface area contributed by atoms with Crippen molar-refractivity contribution >= 4 is 51.6 Å². The summed E-state index contributed by atoms with van der Waals surface area (Å²) in [5, 5.41) is 12.4.